The summed E-state index contributed by atoms with van der Waals surface area (Å²) in [5.74, 6) is -0.776. The average Bonchev–Trinajstić information content (AvgIpc) is 2.05. The van der Waals surface area contributed by atoms with E-state index in [0.717, 1.165) is 0 Å². The summed E-state index contributed by atoms with van der Waals surface area (Å²) in [5.41, 5.74) is 0.268. The molecule has 1 N–H and O–H groups in total. The Bertz CT molecular complexity index is 296. The Kier molecular flexibility index (Phi) is 3.02. The average molecular weight is 186 g/mol. The van der Waals surface area contributed by atoms with Crippen LogP contribution in [-0.4, -0.2) is 10.9 Å². The number of carbonyl (C=O) groups is 1. The number of hydrogen-bond donors (Lipinski definition) is 1. The molecule has 0 aromatic heterocycles. The Morgan fingerprint density at radius 3 is 2.42 bits per heavy atom. The van der Waals surface area contributed by atoms with Crippen LogP contribution < -0.4 is 0 Å². The van der Waals surface area contributed by atoms with Gasteiger partial charge in [0.05, 0.1) is 5.56 Å². The lowest BCUT2D eigenvalue weighted by molar-refractivity contribution is 0.0731. The molecule has 0 aliphatic heterocycles. The van der Waals surface area contributed by atoms with Crippen molar-refractivity contribution in [2.45, 2.75) is 0 Å². The number of carbonyl (C=O) groups excluding carboxylic acids is 1. The minimum Gasteiger partial charge on any atom is -0.390 e. The summed E-state index contributed by atoms with van der Waals surface area (Å²) in [6.07, 6.45) is 0. The molecule has 5 heteroatoms. The lowest BCUT2D eigenvalue weighted by atomic mass is 10.2. The van der Waals surface area contributed by atoms with Crippen LogP contribution in [0, 0.1) is 0 Å². The van der Waals surface area contributed by atoms with E-state index in [1.807, 2.05) is 0 Å². The van der Waals surface area contributed by atoms with Crippen LogP contribution in [0.4, 0.5) is 0 Å². The smallest absolute Gasteiger partial charge is 0.367 e. The SMILES string of the molecule is O=C(O[PH](=O)O)c1ccccc1. The van der Waals surface area contributed by atoms with Gasteiger partial charge >= 0.3 is 14.2 Å². The summed E-state index contributed by atoms with van der Waals surface area (Å²) < 4.78 is 14.2. The summed E-state index contributed by atoms with van der Waals surface area (Å²) in [6, 6.07) is 8.04. The molecule has 0 heterocycles. The fourth-order valence-corrected chi connectivity index (χ4v) is 0.989. The molecule has 0 bridgehead atoms. The van der Waals surface area contributed by atoms with Gasteiger partial charge in [0.15, 0.2) is 0 Å². The first-order valence-electron chi connectivity index (χ1n) is 3.20. The van der Waals surface area contributed by atoms with Gasteiger partial charge < -0.3 is 9.42 Å². The van der Waals surface area contributed by atoms with E-state index in [-0.39, 0.29) is 5.56 Å². The summed E-state index contributed by atoms with van der Waals surface area (Å²) in [5, 5.41) is 0. The molecule has 12 heavy (non-hydrogen) atoms. The van der Waals surface area contributed by atoms with Gasteiger partial charge in [0.1, 0.15) is 0 Å². The van der Waals surface area contributed by atoms with Crippen LogP contribution in [0.25, 0.3) is 0 Å². The topological polar surface area (TPSA) is 63.6 Å². The molecule has 0 spiro atoms. The Labute approximate surface area is 69.7 Å². The van der Waals surface area contributed by atoms with Crippen LogP contribution in [0.1, 0.15) is 10.4 Å². The first-order chi connectivity index (χ1) is 5.70. The number of hydrogen-bond acceptors (Lipinski definition) is 3. The van der Waals surface area contributed by atoms with Crippen LogP contribution >= 0.6 is 8.25 Å². The predicted molar refractivity (Wildman–Crippen MR) is 43.1 cm³/mol. The van der Waals surface area contributed by atoms with Crippen molar-refractivity contribution in [1.82, 2.24) is 0 Å². The lowest BCUT2D eigenvalue weighted by Crippen LogP contribution is -1.98. The fraction of sp³-hybridized carbons (Fsp3) is 0. The van der Waals surface area contributed by atoms with E-state index in [2.05, 4.69) is 4.52 Å². The molecule has 0 amide bonds. The highest BCUT2D eigenvalue weighted by Gasteiger charge is 2.07. The van der Waals surface area contributed by atoms with Gasteiger partial charge in [-0.3, -0.25) is 0 Å². The molecule has 4 nitrogen and oxygen atoms in total. The molecular formula is C7H7O4P. The van der Waals surface area contributed by atoms with Gasteiger partial charge in [-0.1, -0.05) is 18.2 Å². The second-order valence-electron chi connectivity index (χ2n) is 2.02. The quantitative estimate of drug-likeness (QED) is 0.705. The van der Waals surface area contributed by atoms with Crippen molar-refractivity contribution in [3.8, 4) is 0 Å². The Morgan fingerprint density at radius 2 is 1.92 bits per heavy atom. The van der Waals surface area contributed by atoms with Gasteiger partial charge in [0.2, 0.25) is 0 Å². The van der Waals surface area contributed by atoms with E-state index >= 15 is 0 Å². The van der Waals surface area contributed by atoms with E-state index < -0.39 is 14.2 Å². The normalized spacial score (nSPS) is 12.1. The molecule has 0 aliphatic rings. The van der Waals surface area contributed by atoms with Gasteiger partial charge in [0, 0.05) is 0 Å². The van der Waals surface area contributed by atoms with Crippen LogP contribution in [0.2, 0.25) is 0 Å². The highest BCUT2D eigenvalue weighted by molar-refractivity contribution is 7.32. The minimum atomic E-state index is -3.18. The third kappa shape index (κ3) is 2.49. The Balaban J connectivity index is 2.73. The highest BCUT2D eigenvalue weighted by atomic mass is 31.1. The summed E-state index contributed by atoms with van der Waals surface area (Å²) >= 11 is 0. The van der Waals surface area contributed by atoms with Crippen LogP contribution in [0.15, 0.2) is 30.3 Å². The molecule has 1 aromatic carbocycles. The van der Waals surface area contributed by atoms with Gasteiger partial charge in [-0.25, -0.2) is 9.36 Å². The molecule has 1 rings (SSSR count). The molecule has 1 unspecified atom stereocenters. The second kappa shape index (κ2) is 4.04. The van der Waals surface area contributed by atoms with Crippen molar-refractivity contribution in [2.75, 3.05) is 0 Å². The monoisotopic (exact) mass is 186 g/mol. The van der Waals surface area contributed by atoms with E-state index in [1.165, 1.54) is 12.1 Å². The van der Waals surface area contributed by atoms with Crippen molar-refractivity contribution in [2.24, 2.45) is 0 Å². The van der Waals surface area contributed by atoms with Crippen molar-refractivity contribution in [1.29, 1.82) is 0 Å². The van der Waals surface area contributed by atoms with Gasteiger partial charge in [0.25, 0.3) is 0 Å². The highest BCUT2D eigenvalue weighted by Crippen LogP contribution is 2.17. The molecule has 1 aromatic rings. The maximum atomic E-state index is 10.9. The van der Waals surface area contributed by atoms with Gasteiger partial charge in [-0.2, -0.15) is 0 Å². The van der Waals surface area contributed by atoms with Gasteiger partial charge in [-0.05, 0) is 12.1 Å². The fourth-order valence-electron chi connectivity index (χ4n) is 0.712. The molecule has 1 atom stereocenters. The number of benzene rings is 1. The Morgan fingerprint density at radius 1 is 1.33 bits per heavy atom. The van der Waals surface area contributed by atoms with Crippen molar-refractivity contribution in [3.63, 3.8) is 0 Å². The van der Waals surface area contributed by atoms with Crippen LogP contribution in [0.5, 0.6) is 0 Å². The molecular weight excluding hydrogens is 179 g/mol. The largest absolute Gasteiger partial charge is 0.390 e. The summed E-state index contributed by atoms with van der Waals surface area (Å²) in [6.45, 7) is 0. The Hall–Kier alpha value is -1.12. The molecule has 64 valence electrons. The molecule has 0 fully saturated rings. The second-order valence-corrected chi connectivity index (χ2v) is 2.76. The third-order valence-corrected chi connectivity index (χ3v) is 1.55. The van der Waals surface area contributed by atoms with Crippen LogP contribution in [-0.2, 0) is 9.09 Å². The first-order valence-corrected chi connectivity index (χ1v) is 4.46. The minimum absolute atomic E-state index is 0.268. The van der Waals surface area contributed by atoms with Crippen molar-refractivity contribution in [3.05, 3.63) is 35.9 Å². The summed E-state index contributed by atoms with van der Waals surface area (Å²) in [4.78, 5) is 19.2. The maximum Gasteiger partial charge on any atom is 0.367 e. The standard InChI is InChI=1S/C7H7O4P/c8-7(11-12(9)10)6-4-2-1-3-5-6/h1-5,12H,(H,9,10). The zero-order valence-corrected chi connectivity index (χ0v) is 7.06. The predicted octanol–water partition coefficient (Wildman–Crippen LogP) is 1.23. The molecule has 0 saturated carbocycles. The van der Waals surface area contributed by atoms with E-state index in [1.54, 1.807) is 18.2 Å². The summed E-state index contributed by atoms with van der Waals surface area (Å²) in [7, 11) is -3.18. The van der Waals surface area contributed by atoms with Crippen LogP contribution in [0.3, 0.4) is 0 Å². The van der Waals surface area contributed by atoms with E-state index in [9.17, 15) is 9.36 Å². The van der Waals surface area contributed by atoms with E-state index in [4.69, 9.17) is 4.89 Å². The van der Waals surface area contributed by atoms with Crippen molar-refractivity contribution >= 4 is 14.2 Å². The van der Waals surface area contributed by atoms with Crippen molar-refractivity contribution < 1.29 is 18.8 Å². The van der Waals surface area contributed by atoms with Gasteiger partial charge in [-0.15, -0.1) is 0 Å². The zero-order chi connectivity index (χ0) is 8.97. The maximum absolute atomic E-state index is 10.9. The molecule has 0 radical (unpaired) electrons. The van der Waals surface area contributed by atoms with E-state index in [0.29, 0.717) is 0 Å². The third-order valence-electron chi connectivity index (χ3n) is 1.19. The zero-order valence-electron chi connectivity index (χ0n) is 6.06. The molecule has 0 saturated heterocycles. The number of rotatable bonds is 2. The lowest BCUT2D eigenvalue weighted by Gasteiger charge is -1.98. The first kappa shape index (κ1) is 8.97. The molecule has 0 aliphatic carbocycles.